The molecule has 1 aromatic carbocycles. The van der Waals surface area contributed by atoms with E-state index >= 15 is 0 Å². The van der Waals surface area contributed by atoms with E-state index in [-0.39, 0.29) is 35.5 Å². The second-order valence-electron chi connectivity index (χ2n) is 4.44. The first-order valence-electron chi connectivity index (χ1n) is 6.07. The molecule has 0 amide bonds. The number of hydrogen-bond acceptors (Lipinski definition) is 4. The number of alkyl halides is 3. The van der Waals surface area contributed by atoms with Crippen molar-refractivity contribution in [1.82, 2.24) is 4.72 Å². The predicted octanol–water partition coefficient (Wildman–Crippen LogP) is 2.29. The maximum Gasteiger partial charge on any atom is 0.441 e. The van der Waals surface area contributed by atoms with Gasteiger partial charge in [0.1, 0.15) is 0 Å². The van der Waals surface area contributed by atoms with Crippen LogP contribution in [-0.2, 0) is 16.6 Å². The topological polar surface area (TPSA) is 72.2 Å². The number of thioether (sulfide) groups is 1. The maximum atomic E-state index is 12.1. The van der Waals surface area contributed by atoms with Crippen LogP contribution in [0.3, 0.4) is 0 Å². The molecule has 0 saturated carbocycles. The molecule has 0 aromatic heterocycles. The number of halogens is 3. The van der Waals surface area contributed by atoms with E-state index in [0.717, 1.165) is 5.56 Å². The summed E-state index contributed by atoms with van der Waals surface area (Å²) in [7, 11) is -3.84. The zero-order valence-corrected chi connectivity index (χ0v) is 13.3. The Bertz CT molecular complexity index is 601. The van der Waals surface area contributed by atoms with Crippen LogP contribution in [0, 0.1) is 13.8 Å². The Morgan fingerprint density at radius 3 is 2.38 bits per heavy atom. The Balaban J connectivity index is 2.84. The third-order valence-corrected chi connectivity index (χ3v) is 5.14. The summed E-state index contributed by atoms with van der Waals surface area (Å²) in [5.74, 6) is -0.378. The number of hydrogen-bond donors (Lipinski definition) is 2. The molecule has 4 nitrogen and oxygen atoms in total. The first-order valence-corrected chi connectivity index (χ1v) is 8.54. The van der Waals surface area contributed by atoms with Crippen molar-refractivity contribution in [3.63, 3.8) is 0 Å². The van der Waals surface area contributed by atoms with E-state index in [1.54, 1.807) is 13.0 Å². The van der Waals surface area contributed by atoms with Gasteiger partial charge in [-0.1, -0.05) is 6.07 Å². The quantitative estimate of drug-likeness (QED) is 0.778. The molecule has 0 saturated heterocycles. The van der Waals surface area contributed by atoms with Crippen LogP contribution in [0.25, 0.3) is 0 Å². The Morgan fingerprint density at radius 2 is 1.86 bits per heavy atom. The molecule has 0 radical (unpaired) electrons. The Kier molecular flexibility index (Phi) is 6.09. The standard InChI is InChI=1S/C12H17F3N2O2S2/c1-8-5-9(2)11(6-10(8)7-16)21(18,19)17-3-4-20-12(13,14)15/h5-6,17H,3-4,7,16H2,1-2H3. The highest BCUT2D eigenvalue weighted by Crippen LogP contribution is 2.29. The van der Waals surface area contributed by atoms with Gasteiger partial charge in [0.25, 0.3) is 0 Å². The van der Waals surface area contributed by atoms with Crippen molar-refractivity contribution in [2.75, 3.05) is 12.3 Å². The van der Waals surface area contributed by atoms with Gasteiger partial charge in [-0.25, -0.2) is 13.1 Å². The minimum atomic E-state index is -4.36. The second-order valence-corrected chi connectivity index (χ2v) is 7.34. The van der Waals surface area contributed by atoms with Gasteiger partial charge in [0.2, 0.25) is 10.0 Å². The van der Waals surface area contributed by atoms with Crippen LogP contribution >= 0.6 is 11.8 Å². The smallest absolute Gasteiger partial charge is 0.326 e. The summed E-state index contributed by atoms with van der Waals surface area (Å²) in [6.07, 6.45) is 0. The first-order chi connectivity index (χ1) is 9.57. The molecule has 0 aliphatic rings. The van der Waals surface area contributed by atoms with E-state index in [9.17, 15) is 21.6 Å². The summed E-state index contributed by atoms with van der Waals surface area (Å²) < 4.78 is 62.3. The number of aryl methyl sites for hydroxylation is 2. The van der Waals surface area contributed by atoms with Crippen molar-refractivity contribution in [2.45, 2.75) is 30.8 Å². The van der Waals surface area contributed by atoms with Crippen molar-refractivity contribution in [1.29, 1.82) is 0 Å². The predicted molar refractivity (Wildman–Crippen MR) is 77.5 cm³/mol. The fraction of sp³-hybridized carbons (Fsp3) is 0.500. The first kappa shape index (κ1) is 18.3. The monoisotopic (exact) mass is 342 g/mol. The molecule has 9 heteroatoms. The van der Waals surface area contributed by atoms with Gasteiger partial charge in [-0.15, -0.1) is 0 Å². The van der Waals surface area contributed by atoms with E-state index in [1.165, 1.54) is 6.07 Å². The van der Waals surface area contributed by atoms with Crippen LogP contribution < -0.4 is 10.5 Å². The summed E-state index contributed by atoms with van der Waals surface area (Å²) in [5, 5.41) is 0. The van der Waals surface area contributed by atoms with Gasteiger partial charge >= 0.3 is 5.51 Å². The number of nitrogens with one attached hydrogen (secondary N) is 1. The van der Waals surface area contributed by atoms with Crippen LogP contribution in [-0.4, -0.2) is 26.2 Å². The van der Waals surface area contributed by atoms with E-state index in [1.807, 2.05) is 6.92 Å². The van der Waals surface area contributed by atoms with E-state index in [4.69, 9.17) is 5.73 Å². The fourth-order valence-electron chi connectivity index (χ4n) is 1.80. The van der Waals surface area contributed by atoms with Gasteiger partial charge < -0.3 is 5.73 Å². The third kappa shape index (κ3) is 5.50. The van der Waals surface area contributed by atoms with Gasteiger partial charge in [-0.2, -0.15) is 13.2 Å². The molecular weight excluding hydrogens is 325 g/mol. The highest BCUT2D eigenvalue weighted by atomic mass is 32.2. The number of sulfonamides is 1. The summed E-state index contributed by atoms with van der Waals surface area (Å²) in [4.78, 5) is 0.0468. The molecule has 0 fully saturated rings. The van der Waals surface area contributed by atoms with Crippen LogP contribution in [0.1, 0.15) is 16.7 Å². The average molecular weight is 342 g/mol. The highest BCUT2D eigenvalue weighted by Gasteiger charge is 2.28. The molecule has 0 atom stereocenters. The molecule has 1 aromatic rings. The molecular formula is C12H17F3N2O2S2. The largest absolute Gasteiger partial charge is 0.441 e. The van der Waals surface area contributed by atoms with Gasteiger partial charge in [0.15, 0.2) is 0 Å². The molecule has 3 N–H and O–H groups in total. The van der Waals surface area contributed by atoms with E-state index < -0.39 is 15.5 Å². The van der Waals surface area contributed by atoms with Crippen molar-refractivity contribution < 1.29 is 21.6 Å². The summed E-state index contributed by atoms with van der Waals surface area (Å²) in [5.41, 5.74) is 3.27. The number of nitrogens with two attached hydrogens (primary N) is 1. The Morgan fingerprint density at radius 1 is 1.24 bits per heavy atom. The minimum Gasteiger partial charge on any atom is -0.326 e. The second kappa shape index (κ2) is 6.99. The molecule has 21 heavy (non-hydrogen) atoms. The van der Waals surface area contributed by atoms with Gasteiger partial charge in [-0.05, 0) is 48.4 Å². The zero-order valence-electron chi connectivity index (χ0n) is 11.6. The lowest BCUT2D eigenvalue weighted by Crippen LogP contribution is -2.27. The van der Waals surface area contributed by atoms with Gasteiger partial charge in [0.05, 0.1) is 4.90 Å². The summed E-state index contributed by atoms with van der Waals surface area (Å²) in [6.45, 7) is 3.35. The Hall–Kier alpha value is -0.770. The van der Waals surface area contributed by atoms with Crippen molar-refractivity contribution in [2.24, 2.45) is 5.73 Å². The van der Waals surface area contributed by atoms with Gasteiger partial charge in [0, 0.05) is 18.8 Å². The lowest BCUT2D eigenvalue weighted by molar-refractivity contribution is -0.0327. The van der Waals surface area contributed by atoms with E-state index in [2.05, 4.69) is 4.72 Å². The molecule has 0 aliphatic carbocycles. The van der Waals surface area contributed by atoms with Crippen molar-refractivity contribution in [3.8, 4) is 0 Å². The molecule has 0 aliphatic heterocycles. The molecule has 1 rings (SSSR count). The fourth-order valence-corrected chi connectivity index (χ4v) is 3.68. The SMILES string of the molecule is Cc1cc(C)c(S(=O)(=O)NCCSC(F)(F)F)cc1CN. The summed E-state index contributed by atoms with van der Waals surface area (Å²) in [6, 6.07) is 3.16. The highest BCUT2D eigenvalue weighted by molar-refractivity contribution is 8.00. The maximum absolute atomic E-state index is 12.1. The van der Waals surface area contributed by atoms with Crippen LogP contribution in [0.2, 0.25) is 0 Å². The Labute approximate surface area is 126 Å². The molecule has 0 bridgehead atoms. The van der Waals surface area contributed by atoms with Crippen molar-refractivity contribution in [3.05, 3.63) is 28.8 Å². The van der Waals surface area contributed by atoms with Crippen LogP contribution in [0.15, 0.2) is 17.0 Å². The lowest BCUT2D eigenvalue weighted by Gasteiger charge is -2.13. The molecule has 0 spiro atoms. The molecule has 0 heterocycles. The number of rotatable bonds is 6. The minimum absolute atomic E-state index is 0.0468. The lowest BCUT2D eigenvalue weighted by atomic mass is 10.1. The van der Waals surface area contributed by atoms with E-state index in [0.29, 0.717) is 11.1 Å². The summed E-state index contributed by atoms with van der Waals surface area (Å²) >= 11 is -0.263. The third-order valence-electron chi connectivity index (χ3n) is 2.80. The normalized spacial score (nSPS) is 12.7. The average Bonchev–Trinajstić information content (AvgIpc) is 2.33. The van der Waals surface area contributed by atoms with Crippen molar-refractivity contribution >= 4 is 21.8 Å². The number of benzene rings is 1. The zero-order chi connectivity index (χ0) is 16.3. The van der Waals surface area contributed by atoms with Crippen LogP contribution in [0.4, 0.5) is 13.2 Å². The van der Waals surface area contributed by atoms with Gasteiger partial charge in [-0.3, -0.25) is 0 Å². The van der Waals surface area contributed by atoms with Crippen LogP contribution in [0.5, 0.6) is 0 Å². The molecule has 120 valence electrons. The molecule has 0 unspecified atom stereocenters.